The molecule has 1 rings (SSSR count). The van der Waals surface area contributed by atoms with Crippen molar-refractivity contribution >= 4 is 11.4 Å². The predicted octanol–water partition coefficient (Wildman–Crippen LogP) is 3.90. The van der Waals surface area contributed by atoms with E-state index in [1.165, 1.54) is 0 Å². The van der Waals surface area contributed by atoms with Crippen LogP contribution in [0.15, 0.2) is 24.3 Å². The first-order valence-electron chi connectivity index (χ1n) is 6.12. The molecule has 1 aromatic rings. The highest BCUT2D eigenvalue weighted by atomic mass is 19.4. The normalized spacial score (nSPS) is 11.4. The third-order valence-electron chi connectivity index (χ3n) is 2.73. The summed E-state index contributed by atoms with van der Waals surface area (Å²) in [5.41, 5.74) is 1.80. The van der Waals surface area contributed by atoms with E-state index in [0.717, 1.165) is 24.5 Å². The molecule has 0 amide bonds. The van der Waals surface area contributed by atoms with Crippen molar-refractivity contribution in [3.63, 3.8) is 0 Å². The van der Waals surface area contributed by atoms with Gasteiger partial charge in [-0.1, -0.05) is 0 Å². The van der Waals surface area contributed by atoms with Crippen molar-refractivity contribution in [2.75, 3.05) is 29.9 Å². The molecule has 0 saturated carbocycles. The maximum Gasteiger partial charge on any atom is 0.390 e. The number of anilines is 2. The standard InChI is InChI=1S/C13H19F3N2/c1-3-18(4-2)12-7-5-11(6-8-12)17-10-9-13(14,15)16/h5-8,17H,3-4,9-10H2,1-2H3. The zero-order chi connectivity index (χ0) is 13.6. The Morgan fingerprint density at radius 1 is 1.06 bits per heavy atom. The lowest BCUT2D eigenvalue weighted by molar-refractivity contribution is -0.131. The molecular weight excluding hydrogens is 241 g/mol. The zero-order valence-electron chi connectivity index (χ0n) is 10.7. The average molecular weight is 260 g/mol. The van der Waals surface area contributed by atoms with Gasteiger partial charge in [-0.05, 0) is 38.1 Å². The van der Waals surface area contributed by atoms with Gasteiger partial charge >= 0.3 is 6.18 Å². The summed E-state index contributed by atoms with van der Waals surface area (Å²) in [5, 5.41) is 2.76. The third-order valence-corrected chi connectivity index (χ3v) is 2.73. The topological polar surface area (TPSA) is 15.3 Å². The van der Waals surface area contributed by atoms with Gasteiger partial charge in [0.25, 0.3) is 0 Å². The highest BCUT2D eigenvalue weighted by molar-refractivity contribution is 5.54. The SMILES string of the molecule is CCN(CC)c1ccc(NCCC(F)(F)F)cc1. The molecule has 0 atom stereocenters. The fraction of sp³-hybridized carbons (Fsp3) is 0.538. The summed E-state index contributed by atoms with van der Waals surface area (Å²) in [4.78, 5) is 2.18. The van der Waals surface area contributed by atoms with Crippen LogP contribution in [0.5, 0.6) is 0 Å². The number of nitrogens with one attached hydrogen (secondary N) is 1. The van der Waals surface area contributed by atoms with Crippen molar-refractivity contribution in [3.05, 3.63) is 24.3 Å². The Bertz CT molecular complexity index is 342. The molecule has 1 aromatic carbocycles. The second-order valence-electron chi connectivity index (χ2n) is 4.01. The summed E-state index contributed by atoms with van der Waals surface area (Å²) in [7, 11) is 0. The molecule has 0 radical (unpaired) electrons. The first-order chi connectivity index (χ1) is 8.46. The monoisotopic (exact) mass is 260 g/mol. The second kappa shape index (κ2) is 6.52. The van der Waals surface area contributed by atoms with Gasteiger partial charge in [-0.3, -0.25) is 0 Å². The van der Waals surface area contributed by atoms with Gasteiger partial charge in [-0.15, -0.1) is 0 Å². The fourth-order valence-corrected chi connectivity index (χ4v) is 1.73. The summed E-state index contributed by atoms with van der Waals surface area (Å²) >= 11 is 0. The summed E-state index contributed by atoms with van der Waals surface area (Å²) in [6, 6.07) is 7.46. The Labute approximate surface area is 106 Å². The van der Waals surface area contributed by atoms with E-state index in [4.69, 9.17) is 0 Å². The molecule has 18 heavy (non-hydrogen) atoms. The van der Waals surface area contributed by atoms with Crippen LogP contribution in [0.25, 0.3) is 0 Å². The smallest absolute Gasteiger partial charge is 0.385 e. The van der Waals surface area contributed by atoms with Crippen molar-refractivity contribution in [2.24, 2.45) is 0 Å². The summed E-state index contributed by atoms with van der Waals surface area (Å²) in [6.45, 7) is 5.88. The summed E-state index contributed by atoms with van der Waals surface area (Å²) in [5.74, 6) is 0. The van der Waals surface area contributed by atoms with E-state index in [2.05, 4.69) is 24.1 Å². The number of hydrogen-bond donors (Lipinski definition) is 1. The van der Waals surface area contributed by atoms with E-state index in [-0.39, 0.29) is 6.54 Å². The average Bonchev–Trinajstić information content (AvgIpc) is 2.31. The lowest BCUT2D eigenvalue weighted by Crippen LogP contribution is -2.21. The molecule has 0 aliphatic rings. The predicted molar refractivity (Wildman–Crippen MR) is 69.2 cm³/mol. The molecule has 0 aromatic heterocycles. The molecule has 0 spiro atoms. The van der Waals surface area contributed by atoms with Gasteiger partial charge in [-0.25, -0.2) is 0 Å². The first-order valence-corrected chi connectivity index (χ1v) is 6.12. The van der Waals surface area contributed by atoms with E-state index < -0.39 is 12.6 Å². The summed E-state index contributed by atoms with van der Waals surface area (Å²) < 4.78 is 35.9. The molecule has 0 bridgehead atoms. The molecule has 0 saturated heterocycles. The van der Waals surface area contributed by atoms with E-state index >= 15 is 0 Å². The van der Waals surface area contributed by atoms with Crippen molar-refractivity contribution in [1.29, 1.82) is 0 Å². The van der Waals surface area contributed by atoms with E-state index in [1.807, 2.05) is 24.3 Å². The van der Waals surface area contributed by atoms with Crippen LogP contribution in [-0.2, 0) is 0 Å². The van der Waals surface area contributed by atoms with Crippen LogP contribution >= 0.6 is 0 Å². The lowest BCUT2D eigenvalue weighted by atomic mass is 10.2. The Kier molecular flexibility index (Phi) is 5.31. The molecule has 5 heteroatoms. The minimum Gasteiger partial charge on any atom is -0.385 e. The van der Waals surface area contributed by atoms with Crippen LogP contribution in [0.4, 0.5) is 24.5 Å². The molecule has 0 aliphatic heterocycles. The van der Waals surface area contributed by atoms with Crippen molar-refractivity contribution in [1.82, 2.24) is 0 Å². The van der Waals surface area contributed by atoms with Crippen molar-refractivity contribution in [2.45, 2.75) is 26.4 Å². The van der Waals surface area contributed by atoms with Gasteiger partial charge in [0.15, 0.2) is 0 Å². The second-order valence-corrected chi connectivity index (χ2v) is 4.01. The molecule has 0 heterocycles. The van der Waals surface area contributed by atoms with Crippen LogP contribution in [0, 0.1) is 0 Å². The van der Waals surface area contributed by atoms with Crippen molar-refractivity contribution < 1.29 is 13.2 Å². The van der Waals surface area contributed by atoms with Gasteiger partial charge in [0, 0.05) is 31.0 Å². The number of nitrogens with zero attached hydrogens (tertiary/aromatic N) is 1. The Balaban J connectivity index is 2.50. The maximum absolute atomic E-state index is 12.0. The largest absolute Gasteiger partial charge is 0.390 e. The van der Waals surface area contributed by atoms with Crippen LogP contribution < -0.4 is 10.2 Å². The number of alkyl halides is 3. The van der Waals surface area contributed by atoms with Crippen LogP contribution in [0.2, 0.25) is 0 Å². The van der Waals surface area contributed by atoms with Gasteiger partial charge in [0.1, 0.15) is 0 Å². The molecule has 0 fully saturated rings. The Morgan fingerprint density at radius 3 is 2.06 bits per heavy atom. The number of benzene rings is 1. The summed E-state index contributed by atoms with van der Waals surface area (Å²) in [6.07, 6.45) is -4.92. The van der Waals surface area contributed by atoms with Crippen LogP contribution in [0.3, 0.4) is 0 Å². The number of hydrogen-bond acceptors (Lipinski definition) is 2. The van der Waals surface area contributed by atoms with E-state index in [9.17, 15) is 13.2 Å². The van der Waals surface area contributed by atoms with E-state index in [0.29, 0.717) is 0 Å². The Hall–Kier alpha value is -1.39. The minimum absolute atomic E-state index is 0.0892. The quantitative estimate of drug-likeness (QED) is 0.834. The fourth-order valence-electron chi connectivity index (χ4n) is 1.73. The molecule has 0 unspecified atom stereocenters. The molecule has 0 aliphatic carbocycles. The zero-order valence-corrected chi connectivity index (χ0v) is 10.7. The van der Waals surface area contributed by atoms with Gasteiger partial charge in [0.2, 0.25) is 0 Å². The Morgan fingerprint density at radius 2 is 1.61 bits per heavy atom. The molecular formula is C13H19F3N2. The van der Waals surface area contributed by atoms with Gasteiger partial charge < -0.3 is 10.2 Å². The third kappa shape index (κ3) is 4.85. The molecule has 2 nitrogen and oxygen atoms in total. The van der Waals surface area contributed by atoms with Crippen LogP contribution in [0.1, 0.15) is 20.3 Å². The highest BCUT2D eigenvalue weighted by Crippen LogP contribution is 2.21. The minimum atomic E-state index is -4.10. The van der Waals surface area contributed by atoms with Gasteiger partial charge in [-0.2, -0.15) is 13.2 Å². The first kappa shape index (κ1) is 14.7. The van der Waals surface area contributed by atoms with Crippen molar-refractivity contribution in [3.8, 4) is 0 Å². The maximum atomic E-state index is 12.0. The molecule has 1 N–H and O–H groups in total. The number of rotatable bonds is 6. The van der Waals surface area contributed by atoms with E-state index in [1.54, 1.807) is 0 Å². The van der Waals surface area contributed by atoms with Gasteiger partial charge in [0.05, 0.1) is 6.42 Å². The lowest BCUT2D eigenvalue weighted by Gasteiger charge is -2.21. The number of halogens is 3. The van der Waals surface area contributed by atoms with Crippen LogP contribution in [-0.4, -0.2) is 25.8 Å². The highest BCUT2D eigenvalue weighted by Gasteiger charge is 2.25. The molecule has 102 valence electrons.